The summed E-state index contributed by atoms with van der Waals surface area (Å²) < 4.78 is 0. The molecular formula is C47H74. The van der Waals surface area contributed by atoms with Gasteiger partial charge in [-0.25, -0.2) is 0 Å². The molecule has 0 aromatic carbocycles. The minimum absolute atomic E-state index is 0. The van der Waals surface area contributed by atoms with Crippen LogP contribution in [0.4, 0.5) is 0 Å². The summed E-state index contributed by atoms with van der Waals surface area (Å²) in [5, 5.41) is 0. The maximum absolute atomic E-state index is 4.17. The summed E-state index contributed by atoms with van der Waals surface area (Å²) in [6, 6.07) is 0. The fourth-order valence-corrected chi connectivity index (χ4v) is 5.72. The van der Waals surface area contributed by atoms with Gasteiger partial charge in [-0.1, -0.05) is 182 Å². The Morgan fingerprint density at radius 2 is 1.55 bits per heavy atom. The number of allylic oxidation sites excluding steroid dienone is 22. The van der Waals surface area contributed by atoms with Gasteiger partial charge in [-0.3, -0.25) is 0 Å². The van der Waals surface area contributed by atoms with Crippen LogP contribution < -0.4 is 0 Å². The van der Waals surface area contributed by atoms with E-state index >= 15 is 0 Å². The minimum Gasteiger partial charge on any atom is -0.102 e. The van der Waals surface area contributed by atoms with Crippen LogP contribution in [0.15, 0.2) is 144 Å². The molecule has 0 saturated carbocycles. The highest BCUT2D eigenvalue weighted by molar-refractivity contribution is 5.51. The van der Waals surface area contributed by atoms with Crippen molar-refractivity contribution in [2.45, 2.75) is 140 Å². The quantitative estimate of drug-likeness (QED) is 0.0796. The first-order valence-electron chi connectivity index (χ1n) is 18.4. The molecule has 0 heteroatoms. The van der Waals surface area contributed by atoms with Crippen LogP contribution in [0.5, 0.6) is 0 Å². The lowest BCUT2D eigenvalue weighted by atomic mass is 9.78. The van der Waals surface area contributed by atoms with Gasteiger partial charge in [0.05, 0.1) is 0 Å². The summed E-state index contributed by atoms with van der Waals surface area (Å²) in [7, 11) is 0. The van der Waals surface area contributed by atoms with Crippen LogP contribution in [-0.4, -0.2) is 0 Å². The smallest absolute Gasteiger partial charge is 0.0202 e. The molecule has 0 radical (unpaired) electrons. The number of unbranched alkanes of at least 4 members (excludes halogenated alkanes) is 5. The van der Waals surface area contributed by atoms with Gasteiger partial charge in [-0.15, -0.1) is 6.58 Å². The lowest BCUT2D eigenvalue weighted by Gasteiger charge is -2.27. The summed E-state index contributed by atoms with van der Waals surface area (Å²) in [5.41, 5.74) is 9.02. The van der Waals surface area contributed by atoms with Crippen LogP contribution in [-0.2, 0) is 0 Å². The van der Waals surface area contributed by atoms with E-state index in [-0.39, 0.29) is 13.3 Å². The summed E-state index contributed by atoms with van der Waals surface area (Å²) in [6.45, 7) is 25.2. The third-order valence-corrected chi connectivity index (χ3v) is 8.52. The SMILES string of the molecule is C.C=C/C=C\C.C=CC1C=CC=C/C1=C(/C1=CC=CC=C(CCC/C=C\C/C=C\CCCCCC)C1)C(C)C/C(C)=C(/C)CC.CC. The number of hydrogen-bond acceptors (Lipinski definition) is 0. The Labute approximate surface area is 294 Å². The zero-order chi connectivity index (χ0) is 34.4. The molecule has 0 aromatic heterocycles. The average Bonchev–Trinajstić information content (AvgIpc) is 3.32. The Morgan fingerprint density at radius 1 is 0.872 bits per heavy atom. The topological polar surface area (TPSA) is 0 Å². The van der Waals surface area contributed by atoms with E-state index in [1.807, 2.05) is 32.9 Å². The number of rotatable bonds is 18. The Balaban J connectivity index is 0. The largest absolute Gasteiger partial charge is 0.102 e. The van der Waals surface area contributed by atoms with Crippen molar-refractivity contribution < 1.29 is 0 Å². The molecule has 262 valence electrons. The molecule has 2 aliphatic carbocycles. The first-order valence-corrected chi connectivity index (χ1v) is 18.4. The monoisotopic (exact) mass is 639 g/mol. The molecule has 0 aromatic rings. The molecule has 0 bridgehead atoms. The van der Waals surface area contributed by atoms with Gasteiger partial charge in [0.15, 0.2) is 0 Å². The van der Waals surface area contributed by atoms with Crippen molar-refractivity contribution in [2.24, 2.45) is 11.8 Å². The minimum atomic E-state index is 0. The van der Waals surface area contributed by atoms with Crippen LogP contribution in [0, 0.1) is 11.8 Å². The Kier molecular flexibility index (Phi) is 30.8. The van der Waals surface area contributed by atoms with Crippen molar-refractivity contribution in [1.82, 2.24) is 0 Å². The van der Waals surface area contributed by atoms with Crippen molar-refractivity contribution in [3.63, 3.8) is 0 Å². The van der Waals surface area contributed by atoms with Gasteiger partial charge in [0.25, 0.3) is 0 Å². The molecule has 0 amide bonds. The summed E-state index contributed by atoms with van der Waals surface area (Å²) >= 11 is 0. The Hall–Kier alpha value is -3.12. The van der Waals surface area contributed by atoms with E-state index in [0.717, 1.165) is 38.5 Å². The van der Waals surface area contributed by atoms with Crippen molar-refractivity contribution >= 4 is 0 Å². The van der Waals surface area contributed by atoms with Crippen molar-refractivity contribution in [1.29, 1.82) is 0 Å². The molecule has 2 rings (SSSR count). The second-order valence-electron chi connectivity index (χ2n) is 12.2. The van der Waals surface area contributed by atoms with E-state index in [1.165, 1.54) is 66.4 Å². The Morgan fingerprint density at radius 3 is 2.15 bits per heavy atom. The lowest BCUT2D eigenvalue weighted by Crippen LogP contribution is -2.12. The summed E-state index contributed by atoms with van der Waals surface area (Å²) in [6.07, 6.45) is 49.7. The van der Waals surface area contributed by atoms with Gasteiger partial charge < -0.3 is 0 Å². The van der Waals surface area contributed by atoms with Gasteiger partial charge in [-0.05, 0) is 101 Å². The molecule has 0 fully saturated rings. The average molecular weight is 639 g/mol. The molecule has 0 spiro atoms. The molecule has 0 saturated heterocycles. The van der Waals surface area contributed by atoms with Gasteiger partial charge in [0, 0.05) is 5.92 Å². The molecule has 2 unspecified atom stereocenters. The normalized spacial score (nSPS) is 17.8. The summed E-state index contributed by atoms with van der Waals surface area (Å²) in [5.74, 6) is 0.738. The predicted molar refractivity (Wildman–Crippen MR) is 220 cm³/mol. The molecule has 47 heavy (non-hydrogen) atoms. The van der Waals surface area contributed by atoms with E-state index in [2.05, 4.69) is 127 Å². The maximum Gasteiger partial charge on any atom is 0.0202 e. The van der Waals surface area contributed by atoms with E-state index in [0.29, 0.717) is 5.92 Å². The molecular weight excluding hydrogens is 565 g/mol. The highest BCUT2D eigenvalue weighted by atomic mass is 14.3. The van der Waals surface area contributed by atoms with E-state index in [1.54, 1.807) is 11.6 Å². The summed E-state index contributed by atoms with van der Waals surface area (Å²) in [4.78, 5) is 0. The third kappa shape index (κ3) is 20.7. The molecule has 2 aliphatic rings. The molecule has 0 heterocycles. The highest BCUT2D eigenvalue weighted by Crippen LogP contribution is 2.38. The van der Waals surface area contributed by atoms with Crippen LogP contribution in [0.3, 0.4) is 0 Å². The first-order chi connectivity index (χ1) is 22.4. The second-order valence-corrected chi connectivity index (χ2v) is 12.2. The van der Waals surface area contributed by atoms with Crippen LogP contribution in [0.2, 0.25) is 0 Å². The van der Waals surface area contributed by atoms with Crippen molar-refractivity contribution in [3.05, 3.63) is 144 Å². The predicted octanol–water partition coefficient (Wildman–Crippen LogP) is 15.9. The standard InChI is InChI=1S/C39H56.C5H8.C2H6.CH4/c1-7-10-11-12-13-14-15-16-17-18-19-20-25-35-26-21-22-28-37(31-35)39(34(6)30-33(5)32(4)8-2)38-29-24-23-27-36(38)9-3;1-3-5-4-2;1-2;/h9,14-15,17-18,21-24,26-29,34,36H,3,7-8,10-13,16,19-20,25,30-31H2,1-2,4-6H3;3-5H,1H2,2H3;1-2H3;1H4/b15-14-,18-17-,33-32-,39-38-;5-4-;;. The second kappa shape index (κ2) is 31.5. The van der Waals surface area contributed by atoms with Gasteiger partial charge in [0.1, 0.15) is 0 Å². The first kappa shape index (κ1) is 46.0. The van der Waals surface area contributed by atoms with E-state index < -0.39 is 0 Å². The third-order valence-electron chi connectivity index (χ3n) is 8.52. The maximum atomic E-state index is 4.17. The van der Waals surface area contributed by atoms with Crippen LogP contribution >= 0.6 is 0 Å². The zero-order valence-corrected chi connectivity index (χ0v) is 31.3. The molecule has 2 atom stereocenters. The lowest BCUT2D eigenvalue weighted by molar-refractivity contribution is 0.653. The van der Waals surface area contributed by atoms with Crippen molar-refractivity contribution in [3.8, 4) is 0 Å². The highest BCUT2D eigenvalue weighted by Gasteiger charge is 2.23. The fraction of sp³-hybridized carbons (Fsp3) is 0.489. The van der Waals surface area contributed by atoms with E-state index in [4.69, 9.17) is 0 Å². The zero-order valence-electron chi connectivity index (χ0n) is 31.3. The van der Waals surface area contributed by atoms with Gasteiger partial charge >= 0.3 is 0 Å². The molecule has 0 nitrogen and oxygen atoms in total. The Bertz CT molecular complexity index is 1140. The van der Waals surface area contributed by atoms with Crippen LogP contribution in [0.1, 0.15) is 140 Å². The van der Waals surface area contributed by atoms with Gasteiger partial charge in [0.2, 0.25) is 0 Å². The van der Waals surface area contributed by atoms with Gasteiger partial charge in [-0.2, -0.15) is 0 Å². The van der Waals surface area contributed by atoms with Crippen molar-refractivity contribution in [2.75, 3.05) is 0 Å². The van der Waals surface area contributed by atoms with E-state index in [9.17, 15) is 0 Å². The van der Waals surface area contributed by atoms with Crippen LogP contribution in [0.25, 0.3) is 0 Å². The molecule has 0 aliphatic heterocycles. The molecule has 0 N–H and O–H groups in total. The number of hydrogen-bond donors (Lipinski definition) is 0. The fourth-order valence-electron chi connectivity index (χ4n) is 5.72.